The van der Waals surface area contributed by atoms with Crippen molar-refractivity contribution in [2.45, 2.75) is 5.92 Å². The van der Waals surface area contributed by atoms with Gasteiger partial charge in [-0.25, -0.2) is 0 Å². The molecule has 0 aliphatic carbocycles. The molecule has 0 heterocycles. The number of carbonyl (C=O) groups excluding carboxylic acids is 1. The first kappa shape index (κ1) is 10.9. The Balaban J connectivity index is 2.41. The van der Waals surface area contributed by atoms with E-state index in [0.717, 1.165) is 17.4 Å². The van der Waals surface area contributed by atoms with Gasteiger partial charge in [0.05, 0.1) is 5.92 Å². The molecular formula is C14H11ClO. The van der Waals surface area contributed by atoms with Crippen LogP contribution in [0.3, 0.4) is 0 Å². The van der Waals surface area contributed by atoms with E-state index >= 15 is 0 Å². The summed E-state index contributed by atoms with van der Waals surface area (Å²) >= 11 is 5.92. The molecule has 0 amide bonds. The Hall–Kier alpha value is -1.60. The van der Waals surface area contributed by atoms with Gasteiger partial charge >= 0.3 is 0 Å². The van der Waals surface area contributed by atoms with Gasteiger partial charge in [-0.15, -0.1) is 0 Å². The quantitative estimate of drug-likeness (QED) is 0.736. The highest BCUT2D eigenvalue weighted by molar-refractivity contribution is 6.30. The fourth-order valence-electron chi connectivity index (χ4n) is 1.71. The van der Waals surface area contributed by atoms with Crippen molar-refractivity contribution in [2.75, 3.05) is 0 Å². The van der Waals surface area contributed by atoms with Crippen LogP contribution in [0.15, 0.2) is 54.6 Å². The summed E-state index contributed by atoms with van der Waals surface area (Å²) in [6, 6.07) is 17.1. The standard InChI is InChI=1S/C14H11ClO/c15-13-8-4-7-12(9-13)14(10-16)11-5-2-1-3-6-11/h1-10,14H. The van der Waals surface area contributed by atoms with E-state index in [-0.39, 0.29) is 5.92 Å². The van der Waals surface area contributed by atoms with Crippen molar-refractivity contribution in [3.05, 3.63) is 70.7 Å². The molecule has 16 heavy (non-hydrogen) atoms. The summed E-state index contributed by atoms with van der Waals surface area (Å²) in [6.07, 6.45) is 0.945. The van der Waals surface area contributed by atoms with Gasteiger partial charge in [-0.3, -0.25) is 0 Å². The molecule has 0 aromatic heterocycles. The van der Waals surface area contributed by atoms with E-state index in [1.807, 2.05) is 48.5 Å². The molecule has 0 spiro atoms. The molecule has 1 unspecified atom stereocenters. The van der Waals surface area contributed by atoms with Crippen LogP contribution in [-0.4, -0.2) is 6.29 Å². The maximum absolute atomic E-state index is 11.2. The number of hydrogen-bond donors (Lipinski definition) is 0. The Labute approximate surface area is 99.7 Å². The number of hydrogen-bond acceptors (Lipinski definition) is 1. The van der Waals surface area contributed by atoms with Crippen molar-refractivity contribution in [2.24, 2.45) is 0 Å². The molecule has 0 fully saturated rings. The highest BCUT2D eigenvalue weighted by atomic mass is 35.5. The molecule has 2 aromatic rings. The van der Waals surface area contributed by atoms with Crippen LogP contribution in [0.5, 0.6) is 0 Å². The number of rotatable bonds is 3. The van der Waals surface area contributed by atoms with Crippen LogP contribution in [0.4, 0.5) is 0 Å². The molecule has 0 aliphatic heterocycles. The highest BCUT2D eigenvalue weighted by Crippen LogP contribution is 2.24. The monoisotopic (exact) mass is 230 g/mol. The lowest BCUT2D eigenvalue weighted by Crippen LogP contribution is -2.01. The largest absolute Gasteiger partial charge is 0.302 e. The average Bonchev–Trinajstić information content (AvgIpc) is 2.31. The first-order valence-corrected chi connectivity index (χ1v) is 5.45. The summed E-state index contributed by atoms with van der Waals surface area (Å²) in [5.74, 6) is -0.236. The summed E-state index contributed by atoms with van der Waals surface area (Å²) in [6.45, 7) is 0. The summed E-state index contributed by atoms with van der Waals surface area (Å²) in [5.41, 5.74) is 1.91. The molecule has 2 heteroatoms. The van der Waals surface area contributed by atoms with Crippen LogP contribution in [0, 0.1) is 0 Å². The number of aldehydes is 1. The van der Waals surface area contributed by atoms with Crippen LogP contribution in [0.25, 0.3) is 0 Å². The van der Waals surface area contributed by atoms with E-state index in [4.69, 9.17) is 11.6 Å². The van der Waals surface area contributed by atoms with Crippen molar-refractivity contribution >= 4 is 17.9 Å². The predicted octanol–water partition coefficient (Wildman–Crippen LogP) is 3.67. The summed E-state index contributed by atoms with van der Waals surface area (Å²) in [5, 5.41) is 0.653. The number of halogens is 1. The average molecular weight is 231 g/mol. The molecule has 80 valence electrons. The summed E-state index contributed by atoms with van der Waals surface area (Å²) in [4.78, 5) is 11.2. The molecule has 2 rings (SSSR count). The highest BCUT2D eigenvalue weighted by Gasteiger charge is 2.12. The third kappa shape index (κ3) is 2.31. The van der Waals surface area contributed by atoms with E-state index in [1.165, 1.54) is 0 Å². The molecule has 0 radical (unpaired) electrons. The van der Waals surface area contributed by atoms with E-state index < -0.39 is 0 Å². The van der Waals surface area contributed by atoms with E-state index in [1.54, 1.807) is 6.07 Å². The lowest BCUT2D eigenvalue weighted by Gasteiger charge is -2.11. The van der Waals surface area contributed by atoms with Crippen molar-refractivity contribution in [1.29, 1.82) is 0 Å². The van der Waals surface area contributed by atoms with E-state index in [2.05, 4.69) is 0 Å². The van der Waals surface area contributed by atoms with Crippen molar-refractivity contribution in [3.8, 4) is 0 Å². The van der Waals surface area contributed by atoms with Crippen LogP contribution in [-0.2, 0) is 4.79 Å². The van der Waals surface area contributed by atoms with Gasteiger partial charge in [0.25, 0.3) is 0 Å². The molecule has 1 atom stereocenters. The van der Waals surface area contributed by atoms with E-state index in [0.29, 0.717) is 5.02 Å². The second kappa shape index (κ2) is 4.95. The summed E-state index contributed by atoms with van der Waals surface area (Å²) < 4.78 is 0. The van der Waals surface area contributed by atoms with Gasteiger partial charge in [0.15, 0.2) is 0 Å². The maximum Gasteiger partial charge on any atom is 0.131 e. The van der Waals surface area contributed by atoms with Gasteiger partial charge in [0, 0.05) is 5.02 Å². The van der Waals surface area contributed by atoms with Crippen LogP contribution in [0.1, 0.15) is 17.0 Å². The molecular weight excluding hydrogens is 220 g/mol. The van der Waals surface area contributed by atoms with Crippen LogP contribution >= 0.6 is 11.6 Å². The molecule has 2 aromatic carbocycles. The predicted molar refractivity (Wildman–Crippen MR) is 65.8 cm³/mol. The van der Waals surface area contributed by atoms with Gasteiger partial charge in [0.1, 0.15) is 6.29 Å². The minimum Gasteiger partial charge on any atom is -0.302 e. The Kier molecular flexibility index (Phi) is 3.37. The van der Waals surface area contributed by atoms with Gasteiger partial charge in [-0.2, -0.15) is 0 Å². The van der Waals surface area contributed by atoms with Crippen LogP contribution < -0.4 is 0 Å². The Morgan fingerprint density at radius 3 is 2.25 bits per heavy atom. The smallest absolute Gasteiger partial charge is 0.131 e. The third-order valence-electron chi connectivity index (χ3n) is 2.50. The van der Waals surface area contributed by atoms with Gasteiger partial charge in [-0.1, -0.05) is 54.1 Å². The zero-order valence-electron chi connectivity index (χ0n) is 8.64. The third-order valence-corrected chi connectivity index (χ3v) is 2.74. The minimum atomic E-state index is -0.236. The zero-order valence-corrected chi connectivity index (χ0v) is 9.39. The maximum atomic E-state index is 11.2. The lowest BCUT2D eigenvalue weighted by molar-refractivity contribution is -0.108. The number of carbonyl (C=O) groups is 1. The second-order valence-corrected chi connectivity index (χ2v) is 4.02. The molecule has 1 nitrogen and oxygen atoms in total. The topological polar surface area (TPSA) is 17.1 Å². The molecule has 0 aliphatic rings. The van der Waals surface area contributed by atoms with E-state index in [9.17, 15) is 4.79 Å². The molecule has 0 saturated carbocycles. The Bertz CT molecular complexity index is 479. The first-order chi connectivity index (χ1) is 7.81. The fourth-order valence-corrected chi connectivity index (χ4v) is 1.91. The normalized spacial score (nSPS) is 12.1. The van der Waals surface area contributed by atoms with Gasteiger partial charge < -0.3 is 4.79 Å². The second-order valence-electron chi connectivity index (χ2n) is 3.58. The van der Waals surface area contributed by atoms with Gasteiger partial charge in [0.2, 0.25) is 0 Å². The lowest BCUT2D eigenvalue weighted by atomic mass is 9.93. The van der Waals surface area contributed by atoms with Crippen molar-refractivity contribution < 1.29 is 4.79 Å². The molecule has 0 N–H and O–H groups in total. The fraction of sp³-hybridized carbons (Fsp3) is 0.0714. The zero-order chi connectivity index (χ0) is 11.4. The summed E-state index contributed by atoms with van der Waals surface area (Å²) in [7, 11) is 0. The SMILES string of the molecule is O=CC(c1ccccc1)c1cccc(Cl)c1. The van der Waals surface area contributed by atoms with Crippen LogP contribution in [0.2, 0.25) is 5.02 Å². The Morgan fingerprint density at radius 2 is 1.62 bits per heavy atom. The Morgan fingerprint density at radius 1 is 0.938 bits per heavy atom. The first-order valence-electron chi connectivity index (χ1n) is 5.07. The van der Waals surface area contributed by atoms with Crippen molar-refractivity contribution in [1.82, 2.24) is 0 Å². The number of benzene rings is 2. The van der Waals surface area contributed by atoms with Gasteiger partial charge in [-0.05, 0) is 23.3 Å². The van der Waals surface area contributed by atoms with Crippen molar-refractivity contribution in [3.63, 3.8) is 0 Å². The minimum absolute atomic E-state index is 0.236. The molecule has 0 saturated heterocycles. The molecule has 0 bridgehead atoms.